The summed E-state index contributed by atoms with van der Waals surface area (Å²) < 4.78 is 26.9. The van der Waals surface area contributed by atoms with Gasteiger partial charge >= 0.3 is 0 Å². The lowest BCUT2D eigenvalue weighted by Crippen LogP contribution is -2.46. The Morgan fingerprint density at radius 2 is 2.20 bits per heavy atom. The SMILES string of the molecule is Cc1cnc(C(C)NS(=O)(=O)CCN2CCNCC2)s1. The Morgan fingerprint density at radius 1 is 1.50 bits per heavy atom. The topological polar surface area (TPSA) is 74.3 Å². The molecule has 2 N–H and O–H groups in total. The Labute approximate surface area is 124 Å². The maximum absolute atomic E-state index is 12.1. The van der Waals surface area contributed by atoms with E-state index in [-0.39, 0.29) is 11.8 Å². The van der Waals surface area contributed by atoms with Gasteiger partial charge in [-0.1, -0.05) is 0 Å². The molecule has 1 fully saturated rings. The lowest BCUT2D eigenvalue weighted by molar-refractivity contribution is 0.253. The normalized spacial score (nSPS) is 19.1. The van der Waals surface area contributed by atoms with Gasteiger partial charge in [-0.15, -0.1) is 11.3 Å². The molecule has 1 aromatic heterocycles. The van der Waals surface area contributed by atoms with E-state index in [2.05, 4.69) is 19.9 Å². The standard InChI is InChI=1S/C12H22N4O2S2/c1-10-9-14-12(19-10)11(2)15-20(17,18)8-7-16-5-3-13-4-6-16/h9,11,13,15H,3-8H2,1-2H3. The molecule has 0 bridgehead atoms. The van der Waals surface area contributed by atoms with Crippen LogP contribution in [-0.2, 0) is 10.0 Å². The van der Waals surface area contributed by atoms with Crippen molar-refractivity contribution in [3.8, 4) is 0 Å². The minimum atomic E-state index is -3.26. The van der Waals surface area contributed by atoms with E-state index in [1.165, 1.54) is 11.3 Å². The second kappa shape index (κ2) is 6.95. The molecule has 2 heterocycles. The summed E-state index contributed by atoms with van der Waals surface area (Å²) in [5.41, 5.74) is 0. The minimum Gasteiger partial charge on any atom is -0.314 e. The number of aryl methyl sites for hydroxylation is 1. The molecule has 20 heavy (non-hydrogen) atoms. The van der Waals surface area contributed by atoms with Crippen LogP contribution < -0.4 is 10.0 Å². The van der Waals surface area contributed by atoms with Crippen LogP contribution in [0.4, 0.5) is 0 Å². The summed E-state index contributed by atoms with van der Waals surface area (Å²) in [6.45, 7) is 8.08. The van der Waals surface area contributed by atoms with Crippen LogP contribution in [0.1, 0.15) is 22.9 Å². The number of sulfonamides is 1. The van der Waals surface area contributed by atoms with Gasteiger partial charge in [0.1, 0.15) is 5.01 Å². The highest BCUT2D eigenvalue weighted by Gasteiger charge is 2.19. The molecule has 0 aromatic carbocycles. The highest BCUT2D eigenvalue weighted by atomic mass is 32.2. The van der Waals surface area contributed by atoms with Crippen LogP contribution in [-0.4, -0.2) is 56.8 Å². The summed E-state index contributed by atoms with van der Waals surface area (Å²) >= 11 is 1.53. The molecule has 0 radical (unpaired) electrons. The van der Waals surface area contributed by atoms with Gasteiger partial charge in [0, 0.05) is 43.8 Å². The fraction of sp³-hybridized carbons (Fsp3) is 0.750. The summed E-state index contributed by atoms with van der Waals surface area (Å²) in [6.07, 6.45) is 1.77. The van der Waals surface area contributed by atoms with Crippen molar-refractivity contribution in [3.63, 3.8) is 0 Å². The largest absolute Gasteiger partial charge is 0.314 e. The molecule has 1 unspecified atom stereocenters. The second-order valence-corrected chi connectivity index (χ2v) is 8.20. The molecule has 1 aromatic rings. The molecule has 0 amide bonds. The van der Waals surface area contributed by atoms with Crippen molar-refractivity contribution >= 4 is 21.4 Å². The lowest BCUT2D eigenvalue weighted by Gasteiger charge is -2.27. The van der Waals surface area contributed by atoms with E-state index in [4.69, 9.17) is 0 Å². The van der Waals surface area contributed by atoms with E-state index in [1.807, 2.05) is 13.8 Å². The van der Waals surface area contributed by atoms with Crippen LogP contribution in [0, 0.1) is 6.92 Å². The Hall–Kier alpha value is -0.540. The third-order valence-corrected chi connectivity index (χ3v) is 5.78. The van der Waals surface area contributed by atoms with Crippen molar-refractivity contribution in [1.82, 2.24) is 19.9 Å². The van der Waals surface area contributed by atoms with E-state index in [1.54, 1.807) is 6.20 Å². The van der Waals surface area contributed by atoms with Crippen LogP contribution in [0.2, 0.25) is 0 Å². The molecule has 8 heteroatoms. The number of hydrogen-bond acceptors (Lipinski definition) is 6. The van der Waals surface area contributed by atoms with Crippen molar-refractivity contribution in [2.24, 2.45) is 0 Å². The van der Waals surface area contributed by atoms with Gasteiger partial charge in [0.05, 0.1) is 11.8 Å². The van der Waals surface area contributed by atoms with Crippen LogP contribution in [0.5, 0.6) is 0 Å². The maximum atomic E-state index is 12.1. The number of aromatic nitrogens is 1. The van der Waals surface area contributed by atoms with Crippen LogP contribution in [0.25, 0.3) is 0 Å². The molecular formula is C12H22N4O2S2. The molecule has 2 rings (SSSR count). The average Bonchev–Trinajstić information content (AvgIpc) is 2.84. The fourth-order valence-corrected chi connectivity index (χ4v) is 4.25. The predicted molar refractivity (Wildman–Crippen MR) is 81.5 cm³/mol. The third kappa shape index (κ3) is 4.78. The van der Waals surface area contributed by atoms with Gasteiger partial charge in [-0.25, -0.2) is 18.1 Å². The fourth-order valence-electron chi connectivity index (χ4n) is 2.14. The number of rotatable bonds is 6. The molecule has 6 nitrogen and oxygen atoms in total. The zero-order valence-corrected chi connectivity index (χ0v) is 13.6. The van der Waals surface area contributed by atoms with Gasteiger partial charge < -0.3 is 5.32 Å². The second-order valence-electron chi connectivity index (χ2n) is 5.06. The minimum absolute atomic E-state index is 0.141. The first-order valence-corrected chi connectivity index (χ1v) is 9.28. The smallest absolute Gasteiger partial charge is 0.213 e. The monoisotopic (exact) mass is 318 g/mol. The summed E-state index contributed by atoms with van der Waals surface area (Å²) in [5, 5.41) is 4.07. The van der Waals surface area contributed by atoms with E-state index in [0.29, 0.717) is 6.54 Å². The Kier molecular flexibility index (Phi) is 5.50. The molecule has 114 valence electrons. The van der Waals surface area contributed by atoms with Gasteiger partial charge in [-0.05, 0) is 13.8 Å². The van der Waals surface area contributed by atoms with Crippen LogP contribution >= 0.6 is 11.3 Å². The van der Waals surface area contributed by atoms with Crippen LogP contribution in [0.15, 0.2) is 6.20 Å². The zero-order valence-electron chi connectivity index (χ0n) is 11.9. The quantitative estimate of drug-likeness (QED) is 0.791. The molecular weight excluding hydrogens is 296 g/mol. The predicted octanol–water partition coefficient (Wildman–Crippen LogP) is 0.337. The molecule has 1 aliphatic rings. The number of hydrogen-bond donors (Lipinski definition) is 2. The van der Waals surface area contributed by atoms with E-state index < -0.39 is 10.0 Å². The first-order valence-electron chi connectivity index (χ1n) is 6.82. The average molecular weight is 318 g/mol. The van der Waals surface area contributed by atoms with E-state index >= 15 is 0 Å². The van der Waals surface area contributed by atoms with Crippen LogP contribution in [0.3, 0.4) is 0 Å². The van der Waals surface area contributed by atoms with Gasteiger partial charge in [-0.3, -0.25) is 4.90 Å². The molecule has 1 saturated heterocycles. The number of nitrogens with zero attached hydrogens (tertiary/aromatic N) is 2. The highest BCUT2D eigenvalue weighted by molar-refractivity contribution is 7.89. The summed E-state index contributed by atoms with van der Waals surface area (Å²) in [4.78, 5) is 7.49. The third-order valence-electron chi connectivity index (χ3n) is 3.25. The Morgan fingerprint density at radius 3 is 2.80 bits per heavy atom. The number of thiazole rings is 1. The van der Waals surface area contributed by atoms with Crippen molar-refractivity contribution in [3.05, 3.63) is 16.1 Å². The molecule has 1 atom stereocenters. The molecule has 0 aliphatic carbocycles. The Balaban J connectivity index is 1.83. The zero-order chi connectivity index (χ0) is 14.6. The molecule has 0 spiro atoms. The Bertz CT molecular complexity index is 523. The summed E-state index contributed by atoms with van der Waals surface area (Å²) in [6, 6.07) is -0.262. The van der Waals surface area contributed by atoms with Crippen molar-refractivity contribution in [2.45, 2.75) is 19.9 Å². The number of piperazine rings is 1. The first kappa shape index (κ1) is 15.8. The number of nitrogens with one attached hydrogen (secondary N) is 2. The van der Waals surface area contributed by atoms with Gasteiger partial charge in [0.2, 0.25) is 10.0 Å². The van der Waals surface area contributed by atoms with Crippen molar-refractivity contribution < 1.29 is 8.42 Å². The van der Waals surface area contributed by atoms with Crippen molar-refractivity contribution in [2.75, 3.05) is 38.5 Å². The summed E-state index contributed by atoms with van der Waals surface area (Å²) in [5.74, 6) is 0.141. The summed E-state index contributed by atoms with van der Waals surface area (Å²) in [7, 11) is -3.26. The van der Waals surface area contributed by atoms with E-state index in [0.717, 1.165) is 36.1 Å². The van der Waals surface area contributed by atoms with E-state index in [9.17, 15) is 8.42 Å². The van der Waals surface area contributed by atoms with Gasteiger partial charge in [0.15, 0.2) is 0 Å². The first-order chi connectivity index (χ1) is 9.46. The molecule has 0 saturated carbocycles. The lowest BCUT2D eigenvalue weighted by atomic mass is 10.4. The highest BCUT2D eigenvalue weighted by Crippen LogP contribution is 2.19. The van der Waals surface area contributed by atoms with Gasteiger partial charge in [-0.2, -0.15) is 0 Å². The van der Waals surface area contributed by atoms with Gasteiger partial charge in [0.25, 0.3) is 0 Å². The van der Waals surface area contributed by atoms with Crippen molar-refractivity contribution in [1.29, 1.82) is 0 Å². The maximum Gasteiger partial charge on any atom is 0.213 e. The molecule has 1 aliphatic heterocycles.